The molecular weight excluding hydrogens is 188 g/mol. The molecule has 90 valence electrons. The molecule has 0 aliphatic carbocycles. The van der Waals surface area contributed by atoms with Crippen LogP contribution in [0.1, 0.15) is 39.0 Å². The Hall–Kier alpha value is -0.120. The summed E-state index contributed by atoms with van der Waals surface area (Å²) in [6.45, 7) is 5.18. The fourth-order valence-electron chi connectivity index (χ4n) is 2.12. The molecule has 0 aromatic carbocycles. The highest BCUT2D eigenvalue weighted by atomic mass is 16.5. The maximum atomic E-state index is 5.60. The predicted octanol–water partition coefficient (Wildman–Crippen LogP) is 1.61. The molecule has 2 atom stereocenters. The average molecular weight is 214 g/mol. The van der Waals surface area contributed by atoms with Crippen molar-refractivity contribution in [3.8, 4) is 0 Å². The molecule has 2 unspecified atom stereocenters. The van der Waals surface area contributed by atoms with Crippen LogP contribution in [0.2, 0.25) is 0 Å². The molecule has 0 radical (unpaired) electrons. The van der Waals surface area contributed by atoms with Gasteiger partial charge in [-0.15, -0.1) is 0 Å². The zero-order chi connectivity index (χ0) is 11.1. The standard InChI is InChI=1S/C12H26N2O/c1-11(7-8-13)14(2)9-3-5-12-6-4-10-15-12/h11-12H,3-10,13H2,1-2H3. The normalized spacial score (nSPS) is 23.6. The third-order valence-corrected chi connectivity index (χ3v) is 3.40. The lowest BCUT2D eigenvalue weighted by Crippen LogP contribution is -2.32. The van der Waals surface area contributed by atoms with E-state index in [1.165, 1.54) is 32.2 Å². The second-order valence-electron chi connectivity index (χ2n) is 4.68. The van der Waals surface area contributed by atoms with Crippen LogP contribution in [-0.4, -0.2) is 43.8 Å². The molecule has 3 heteroatoms. The van der Waals surface area contributed by atoms with Crippen molar-refractivity contribution in [2.45, 2.75) is 51.2 Å². The molecule has 0 spiro atoms. The minimum absolute atomic E-state index is 0.545. The van der Waals surface area contributed by atoms with Crippen molar-refractivity contribution in [3.05, 3.63) is 0 Å². The molecule has 1 saturated heterocycles. The molecule has 1 aliphatic heterocycles. The summed E-state index contributed by atoms with van der Waals surface area (Å²) in [4.78, 5) is 2.40. The Balaban J connectivity index is 2.02. The molecule has 1 aliphatic rings. The number of hydrogen-bond donors (Lipinski definition) is 1. The molecule has 1 rings (SSSR count). The first-order chi connectivity index (χ1) is 7.24. The van der Waals surface area contributed by atoms with Crippen LogP contribution in [-0.2, 0) is 4.74 Å². The predicted molar refractivity (Wildman–Crippen MR) is 64.0 cm³/mol. The first kappa shape index (κ1) is 12.9. The third kappa shape index (κ3) is 4.96. The number of hydrogen-bond acceptors (Lipinski definition) is 3. The van der Waals surface area contributed by atoms with Gasteiger partial charge < -0.3 is 15.4 Å². The number of ether oxygens (including phenoxy) is 1. The smallest absolute Gasteiger partial charge is 0.0576 e. The van der Waals surface area contributed by atoms with Gasteiger partial charge in [0.15, 0.2) is 0 Å². The molecule has 0 saturated carbocycles. The average Bonchev–Trinajstić information content (AvgIpc) is 2.71. The van der Waals surface area contributed by atoms with Gasteiger partial charge >= 0.3 is 0 Å². The molecule has 1 fully saturated rings. The first-order valence-corrected chi connectivity index (χ1v) is 6.26. The third-order valence-electron chi connectivity index (χ3n) is 3.40. The van der Waals surface area contributed by atoms with Gasteiger partial charge in [-0.25, -0.2) is 0 Å². The van der Waals surface area contributed by atoms with Gasteiger partial charge in [-0.05, 0) is 59.2 Å². The first-order valence-electron chi connectivity index (χ1n) is 6.26. The van der Waals surface area contributed by atoms with Crippen molar-refractivity contribution in [3.63, 3.8) is 0 Å². The minimum atomic E-state index is 0.545. The molecule has 3 nitrogen and oxygen atoms in total. The summed E-state index contributed by atoms with van der Waals surface area (Å²) < 4.78 is 5.60. The van der Waals surface area contributed by atoms with Gasteiger partial charge in [-0.2, -0.15) is 0 Å². The topological polar surface area (TPSA) is 38.5 Å². The summed E-state index contributed by atoms with van der Waals surface area (Å²) in [7, 11) is 2.19. The molecule has 1 heterocycles. The van der Waals surface area contributed by atoms with Crippen LogP contribution in [0, 0.1) is 0 Å². The van der Waals surface area contributed by atoms with E-state index in [4.69, 9.17) is 10.5 Å². The van der Waals surface area contributed by atoms with Crippen LogP contribution < -0.4 is 5.73 Å². The zero-order valence-corrected chi connectivity index (χ0v) is 10.2. The minimum Gasteiger partial charge on any atom is -0.378 e. The lowest BCUT2D eigenvalue weighted by Gasteiger charge is -2.24. The van der Waals surface area contributed by atoms with E-state index in [0.717, 1.165) is 19.6 Å². The largest absolute Gasteiger partial charge is 0.378 e. The lowest BCUT2D eigenvalue weighted by molar-refractivity contribution is 0.0981. The van der Waals surface area contributed by atoms with E-state index in [2.05, 4.69) is 18.9 Å². The van der Waals surface area contributed by atoms with Gasteiger partial charge in [0.1, 0.15) is 0 Å². The zero-order valence-electron chi connectivity index (χ0n) is 10.2. The fraction of sp³-hybridized carbons (Fsp3) is 1.00. The SMILES string of the molecule is CC(CCN)N(C)CCCC1CCCO1. The van der Waals surface area contributed by atoms with Crippen LogP contribution >= 0.6 is 0 Å². The Kier molecular flexibility index (Phi) is 6.22. The van der Waals surface area contributed by atoms with Crippen LogP contribution in [0.15, 0.2) is 0 Å². The maximum Gasteiger partial charge on any atom is 0.0576 e. The molecule has 2 N–H and O–H groups in total. The lowest BCUT2D eigenvalue weighted by atomic mass is 10.1. The quantitative estimate of drug-likeness (QED) is 0.700. The van der Waals surface area contributed by atoms with E-state index in [-0.39, 0.29) is 0 Å². The van der Waals surface area contributed by atoms with Crippen molar-refractivity contribution in [1.82, 2.24) is 4.90 Å². The van der Waals surface area contributed by atoms with E-state index >= 15 is 0 Å². The van der Waals surface area contributed by atoms with E-state index in [1.54, 1.807) is 0 Å². The van der Waals surface area contributed by atoms with Crippen molar-refractivity contribution in [1.29, 1.82) is 0 Å². The van der Waals surface area contributed by atoms with Gasteiger partial charge in [-0.3, -0.25) is 0 Å². The summed E-state index contributed by atoms with van der Waals surface area (Å²) in [6, 6.07) is 0.611. The van der Waals surface area contributed by atoms with Crippen LogP contribution in [0.25, 0.3) is 0 Å². The molecule has 0 aromatic heterocycles. The Morgan fingerprint density at radius 3 is 2.93 bits per heavy atom. The second-order valence-corrected chi connectivity index (χ2v) is 4.68. The van der Waals surface area contributed by atoms with Crippen LogP contribution in [0.5, 0.6) is 0 Å². The molecular formula is C12H26N2O. The van der Waals surface area contributed by atoms with Crippen molar-refractivity contribution < 1.29 is 4.74 Å². The highest BCUT2D eigenvalue weighted by molar-refractivity contribution is 4.68. The Morgan fingerprint density at radius 1 is 1.53 bits per heavy atom. The fourth-order valence-corrected chi connectivity index (χ4v) is 2.12. The summed E-state index contributed by atoms with van der Waals surface area (Å²) in [5.74, 6) is 0. The van der Waals surface area contributed by atoms with E-state index in [1.807, 2.05) is 0 Å². The summed E-state index contributed by atoms with van der Waals surface area (Å²) in [5, 5.41) is 0. The maximum absolute atomic E-state index is 5.60. The highest BCUT2D eigenvalue weighted by Crippen LogP contribution is 2.17. The van der Waals surface area contributed by atoms with Crippen LogP contribution in [0.4, 0.5) is 0 Å². The molecule has 0 amide bonds. The Bertz CT molecular complexity index is 158. The number of nitrogens with zero attached hydrogens (tertiary/aromatic N) is 1. The molecule has 15 heavy (non-hydrogen) atoms. The van der Waals surface area contributed by atoms with E-state index in [0.29, 0.717) is 12.1 Å². The summed E-state index contributed by atoms with van der Waals surface area (Å²) >= 11 is 0. The monoisotopic (exact) mass is 214 g/mol. The number of rotatable bonds is 7. The molecule has 0 aromatic rings. The Labute approximate surface area is 94.0 Å². The van der Waals surface area contributed by atoms with Crippen molar-refractivity contribution in [2.24, 2.45) is 5.73 Å². The summed E-state index contributed by atoms with van der Waals surface area (Å²) in [5.41, 5.74) is 5.55. The van der Waals surface area contributed by atoms with Gasteiger partial charge in [0.25, 0.3) is 0 Å². The van der Waals surface area contributed by atoms with Gasteiger partial charge in [0.2, 0.25) is 0 Å². The second kappa shape index (κ2) is 7.20. The number of nitrogens with two attached hydrogens (primary N) is 1. The van der Waals surface area contributed by atoms with E-state index in [9.17, 15) is 0 Å². The van der Waals surface area contributed by atoms with Gasteiger partial charge in [-0.1, -0.05) is 0 Å². The van der Waals surface area contributed by atoms with Gasteiger partial charge in [0.05, 0.1) is 6.10 Å². The summed E-state index contributed by atoms with van der Waals surface area (Å²) in [6.07, 6.45) is 6.63. The Morgan fingerprint density at radius 2 is 2.33 bits per heavy atom. The van der Waals surface area contributed by atoms with Crippen molar-refractivity contribution in [2.75, 3.05) is 26.7 Å². The van der Waals surface area contributed by atoms with Gasteiger partial charge in [0, 0.05) is 12.6 Å². The molecule has 0 bridgehead atoms. The highest BCUT2D eigenvalue weighted by Gasteiger charge is 2.15. The van der Waals surface area contributed by atoms with Crippen LogP contribution in [0.3, 0.4) is 0 Å². The van der Waals surface area contributed by atoms with Crippen molar-refractivity contribution >= 4 is 0 Å². The van der Waals surface area contributed by atoms with E-state index < -0.39 is 0 Å².